The van der Waals surface area contributed by atoms with E-state index in [-0.39, 0.29) is 6.47 Å². The van der Waals surface area contributed by atoms with Gasteiger partial charge in [0.25, 0.3) is 12.3 Å². The van der Waals surface area contributed by atoms with Crippen LogP contribution in [0.3, 0.4) is 0 Å². The van der Waals surface area contributed by atoms with E-state index < -0.39 is 30.2 Å². The Kier molecular flexibility index (Phi) is 5.55. The highest BCUT2D eigenvalue weighted by molar-refractivity contribution is 5.45. The standard InChI is InChI=1S/C24H22O6/c25-16-21-22(27)23(18-10-4-1-5-11-18,29-20-14-8-3-9-15-20)24(30-21,28-17-26)19-12-6-2-7-13-19/h1-15,17,21-22,25,27H,16H2/t21-,22-,23-,24-/m1/s1. The molecule has 0 aliphatic carbocycles. The quantitative estimate of drug-likeness (QED) is 0.587. The summed E-state index contributed by atoms with van der Waals surface area (Å²) in [5, 5.41) is 21.4. The van der Waals surface area contributed by atoms with E-state index in [4.69, 9.17) is 14.2 Å². The summed E-state index contributed by atoms with van der Waals surface area (Å²) in [6.45, 7) is -0.226. The van der Waals surface area contributed by atoms with Crippen LogP contribution in [-0.4, -0.2) is 35.5 Å². The second-order valence-electron chi connectivity index (χ2n) is 7.00. The van der Waals surface area contributed by atoms with Crippen LogP contribution in [0, 0.1) is 0 Å². The average Bonchev–Trinajstić information content (AvgIpc) is 3.05. The zero-order valence-electron chi connectivity index (χ0n) is 16.1. The Bertz CT molecular complexity index is 965. The number of aliphatic hydroxyl groups excluding tert-OH is 2. The number of para-hydroxylation sites is 1. The summed E-state index contributed by atoms with van der Waals surface area (Å²) >= 11 is 0. The van der Waals surface area contributed by atoms with Crippen molar-refractivity contribution in [2.75, 3.05) is 6.61 Å². The lowest BCUT2D eigenvalue weighted by molar-refractivity contribution is -0.280. The highest BCUT2D eigenvalue weighted by Crippen LogP contribution is 2.55. The maximum Gasteiger partial charge on any atom is 0.296 e. The van der Waals surface area contributed by atoms with Crippen molar-refractivity contribution in [2.45, 2.75) is 23.6 Å². The van der Waals surface area contributed by atoms with Gasteiger partial charge in [0.15, 0.2) is 0 Å². The molecule has 6 nitrogen and oxygen atoms in total. The van der Waals surface area contributed by atoms with Gasteiger partial charge >= 0.3 is 0 Å². The van der Waals surface area contributed by atoms with Crippen LogP contribution in [-0.2, 0) is 25.7 Å². The molecule has 1 saturated heterocycles. The fraction of sp³-hybridized carbons (Fsp3) is 0.208. The Morgan fingerprint density at radius 1 is 0.867 bits per heavy atom. The van der Waals surface area contributed by atoms with E-state index in [1.54, 1.807) is 72.8 Å². The van der Waals surface area contributed by atoms with E-state index in [0.717, 1.165) is 0 Å². The van der Waals surface area contributed by atoms with Crippen molar-refractivity contribution >= 4 is 6.47 Å². The third-order valence-electron chi connectivity index (χ3n) is 5.35. The third kappa shape index (κ3) is 3.06. The molecule has 0 saturated carbocycles. The lowest BCUT2D eigenvalue weighted by Crippen LogP contribution is -2.57. The minimum Gasteiger partial charge on any atom is -0.472 e. The van der Waals surface area contributed by atoms with Crippen molar-refractivity contribution in [1.82, 2.24) is 0 Å². The van der Waals surface area contributed by atoms with Crippen molar-refractivity contribution in [1.29, 1.82) is 0 Å². The first-order chi connectivity index (χ1) is 14.7. The Morgan fingerprint density at radius 3 is 1.93 bits per heavy atom. The van der Waals surface area contributed by atoms with Crippen molar-refractivity contribution in [3.05, 3.63) is 102 Å². The number of rotatable bonds is 7. The maximum atomic E-state index is 11.7. The first-order valence-electron chi connectivity index (χ1n) is 9.61. The van der Waals surface area contributed by atoms with E-state index in [0.29, 0.717) is 16.9 Å². The Balaban J connectivity index is 2.03. The monoisotopic (exact) mass is 406 g/mol. The number of benzene rings is 3. The van der Waals surface area contributed by atoms with Crippen LogP contribution in [0.2, 0.25) is 0 Å². The summed E-state index contributed by atoms with van der Waals surface area (Å²) < 4.78 is 18.2. The van der Waals surface area contributed by atoms with Gasteiger partial charge in [0.2, 0.25) is 5.60 Å². The number of carbonyl (C=O) groups excluding carboxylic acids is 1. The van der Waals surface area contributed by atoms with Crippen LogP contribution < -0.4 is 4.74 Å². The van der Waals surface area contributed by atoms with E-state index in [1.807, 2.05) is 18.2 Å². The van der Waals surface area contributed by atoms with E-state index in [9.17, 15) is 15.0 Å². The molecule has 4 rings (SSSR count). The van der Waals surface area contributed by atoms with Gasteiger partial charge in [-0.15, -0.1) is 0 Å². The zero-order valence-corrected chi connectivity index (χ0v) is 16.1. The fourth-order valence-electron chi connectivity index (χ4n) is 4.06. The molecule has 0 radical (unpaired) electrons. The van der Waals surface area contributed by atoms with Gasteiger partial charge in [-0.1, -0.05) is 78.9 Å². The predicted molar refractivity (Wildman–Crippen MR) is 108 cm³/mol. The first kappa shape index (κ1) is 20.1. The van der Waals surface area contributed by atoms with E-state index in [1.165, 1.54) is 0 Å². The van der Waals surface area contributed by atoms with Gasteiger partial charge in [-0.25, -0.2) is 0 Å². The van der Waals surface area contributed by atoms with Gasteiger partial charge in [0.1, 0.15) is 18.0 Å². The predicted octanol–water partition coefficient (Wildman–Crippen LogP) is 2.74. The smallest absolute Gasteiger partial charge is 0.296 e. The molecule has 1 heterocycles. The van der Waals surface area contributed by atoms with Gasteiger partial charge < -0.3 is 24.4 Å². The molecule has 3 aromatic carbocycles. The lowest BCUT2D eigenvalue weighted by atomic mass is 9.77. The Labute approximate surface area is 174 Å². The van der Waals surface area contributed by atoms with Crippen molar-refractivity contribution in [3.8, 4) is 5.75 Å². The molecule has 0 spiro atoms. The molecule has 0 bridgehead atoms. The Hall–Kier alpha value is -3.19. The summed E-state index contributed by atoms with van der Waals surface area (Å²) in [6, 6.07) is 26.7. The second kappa shape index (κ2) is 8.28. The largest absolute Gasteiger partial charge is 0.472 e. The molecule has 154 valence electrons. The minimum absolute atomic E-state index is 0.269. The summed E-state index contributed by atoms with van der Waals surface area (Å²) in [6.07, 6.45) is -2.42. The number of carbonyl (C=O) groups is 1. The molecule has 1 aliphatic rings. The van der Waals surface area contributed by atoms with Crippen LogP contribution in [0.25, 0.3) is 0 Å². The minimum atomic E-state index is -1.85. The molecule has 6 heteroatoms. The van der Waals surface area contributed by atoms with E-state index in [2.05, 4.69) is 0 Å². The maximum absolute atomic E-state index is 11.7. The number of aliphatic hydroxyl groups is 2. The van der Waals surface area contributed by atoms with Crippen molar-refractivity contribution in [3.63, 3.8) is 0 Å². The first-order valence-corrected chi connectivity index (χ1v) is 9.61. The van der Waals surface area contributed by atoms with Crippen molar-refractivity contribution < 1.29 is 29.2 Å². The van der Waals surface area contributed by atoms with Crippen LogP contribution in [0.15, 0.2) is 91.0 Å². The molecule has 0 amide bonds. The summed E-state index contributed by atoms with van der Waals surface area (Å²) in [5.74, 6) is -1.41. The highest BCUT2D eigenvalue weighted by Gasteiger charge is 2.71. The normalized spacial score (nSPS) is 28.1. The number of hydrogen-bond acceptors (Lipinski definition) is 6. The van der Waals surface area contributed by atoms with Crippen LogP contribution >= 0.6 is 0 Å². The molecular weight excluding hydrogens is 384 g/mol. The summed E-state index contributed by atoms with van der Waals surface area (Å²) in [7, 11) is 0. The SMILES string of the molecule is O=CO[C@]1(c2ccccc2)O[C@H](CO)[C@@H](O)[C@]1(Oc1ccccc1)c1ccccc1. The molecule has 4 atom stereocenters. The van der Waals surface area contributed by atoms with Crippen LogP contribution in [0.4, 0.5) is 0 Å². The van der Waals surface area contributed by atoms with Gasteiger partial charge in [0.05, 0.1) is 6.61 Å². The Morgan fingerprint density at radius 2 is 1.40 bits per heavy atom. The van der Waals surface area contributed by atoms with Gasteiger partial charge in [-0.3, -0.25) is 4.79 Å². The van der Waals surface area contributed by atoms with Crippen molar-refractivity contribution in [2.24, 2.45) is 0 Å². The van der Waals surface area contributed by atoms with Crippen LogP contribution in [0.1, 0.15) is 11.1 Å². The molecule has 1 aliphatic heterocycles. The molecule has 2 N–H and O–H groups in total. The molecule has 0 aromatic heterocycles. The summed E-state index contributed by atoms with van der Waals surface area (Å²) in [4.78, 5) is 11.7. The lowest BCUT2D eigenvalue weighted by Gasteiger charge is -2.44. The molecule has 0 unspecified atom stereocenters. The van der Waals surface area contributed by atoms with E-state index >= 15 is 0 Å². The zero-order chi connectivity index (χ0) is 21.0. The molecule has 1 fully saturated rings. The molecular formula is C24H22O6. The average molecular weight is 406 g/mol. The topological polar surface area (TPSA) is 85.2 Å². The molecule has 30 heavy (non-hydrogen) atoms. The highest BCUT2D eigenvalue weighted by atomic mass is 16.8. The number of ether oxygens (including phenoxy) is 3. The second-order valence-corrected chi connectivity index (χ2v) is 7.00. The van der Waals surface area contributed by atoms with Gasteiger partial charge in [0, 0.05) is 11.1 Å². The van der Waals surface area contributed by atoms with Gasteiger partial charge in [-0.2, -0.15) is 0 Å². The third-order valence-corrected chi connectivity index (χ3v) is 5.35. The van der Waals surface area contributed by atoms with Crippen LogP contribution in [0.5, 0.6) is 5.75 Å². The summed E-state index contributed by atoms with van der Waals surface area (Å²) in [5.41, 5.74) is -0.694. The fourth-order valence-corrected chi connectivity index (χ4v) is 4.06. The number of hydrogen-bond donors (Lipinski definition) is 2. The molecule has 3 aromatic rings. The van der Waals surface area contributed by atoms with Gasteiger partial charge in [-0.05, 0) is 12.1 Å².